The first-order valence-corrected chi connectivity index (χ1v) is 11.8. The van der Waals surface area contributed by atoms with Crippen LogP contribution in [-0.4, -0.2) is 74.8 Å². The first-order chi connectivity index (χ1) is 16.9. The highest BCUT2D eigenvalue weighted by molar-refractivity contribution is 6.05. The van der Waals surface area contributed by atoms with Crippen LogP contribution in [0.1, 0.15) is 51.2 Å². The molecule has 5 aliphatic rings. The lowest BCUT2D eigenvalue weighted by Gasteiger charge is -2.56. The summed E-state index contributed by atoms with van der Waals surface area (Å²) in [5.74, 6) is -0.658. The summed E-state index contributed by atoms with van der Waals surface area (Å²) in [7, 11) is 0. The number of nitrogens with two attached hydrogens (primary N) is 1. The summed E-state index contributed by atoms with van der Waals surface area (Å²) in [6, 6.07) is 9.38. The molecule has 5 aliphatic heterocycles. The molecule has 35 heavy (non-hydrogen) atoms. The number of nitrogens with zero attached hydrogens (tertiary/aromatic N) is 5. The van der Waals surface area contributed by atoms with Gasteiger partial charge < -0.3 is 15.5 Å². The molecule has 180 valence electrons. The summed E-state index contributed by atoms with van der Waals surface area (Å²) in [5.41, 5.74) is 8.09. The van der Waals surface area contributed by atoms with Crippen molar-refractivity contribution in [2.45, 2.75) is 50.5 Å². The number of rotatable bonds is 5. The molecule has 1 aromatic carbocycles. The number of amides is 4. The predicted molar refractivity (Wildman–Crippen MR) is 123 cm³/mol. The molecule has 2 aromatic rings. The summed E-state index contributed by atoms with van der Waals surface area (Å²) in [6.45, 7) is 2.92. The standard InChI is InChI=1S/C24H25N7O4/c25-22(33)18-3-5-20(28-27-18)31-15-8-16(31)12-29(11-15)9-13-1-2-17-14(7-13)10-30(24(17)35)19-4-6-21(32)26-23(19)34/h1-3,5,7,15-16,19H,4,6,8-12H2,(H2,25,33)(H,26,32,34). The minimum Gasteiger partial charge on any atom is -0.364 e. The fourth-order valence-electron chi connectivity index (χ4n) is 5.78. The predicted octanol–water partition coefficient (Wildman–Crippen LogP) is -0.200. The number of anilines is 1. The highest BCUT2D eigenvalue weighted by Gasteiger charge is 2.45. The maximum atomic E-state index is 12.9. The Kier molecular flexibility index (Phi) is 5.03. The van der Waals surface area contributed by atoms with E-state index < -0.39 is 17.9 Å². The molecule has 3 atom stereocenters. The lowest BCUT2D eigenvalue weighted by atomic mass is 9.87. The van der Waals surface area contributed by atoms with Crippen LogP contribution in [-0.2, 0) is 22.7 Å². The Morgan fingerprint density at radius 1 is 1.09 bits per heavy atom. The Morgan fingerprint density at radius 3 is 2.57 bits per heavy atom. The number of piperidine rings is 2. The number of hydrogen-bond acceptors (Lipinski definition) is 8. The second-order valence-corrected chi connectivity index (χ2v) is 9.68. The van der Waals surface area contributed by atoms with Crippen molar-refractivity contribution >= 4 is 29.4 Å². The third kappa shape index (κ3) is 3.72. The molecule has 2 bridgehead atoms. The quantitative estimate of drug-likeness (QED) is 0.567. The minimum atomic E-state index is -0.601. The van der Waals surface area contributed by atoms with Gasteiger partial charge in [-0.05, 0) is 42.2 Å². The molecule has 4 fully saturated rings. The number of hydrogen-bond donors (Lipinski definition) is 2. The van der Waals surface area contributed by atoms with E-state index in [1.54, 1.807) is 17.0 Å². The van der Waals surface area contributed by atoms with Crippen molar-refractivity contribution in [3.8, 4) is 0 Å². The molecular formula is C24H25N7O4. The second kappa shape index (κ2) is 8.12. The third-order valence-corrected chi connectivity index (χ3v) is 7.43. The highest BCUT2D eigenvalue weighted by atomic mass is 16.2. The molecule has 7 rings (SSSR count). The smallest absolute Gasteiger partial charge is 0.269 e. The van der Waals surface area contributed by atoms with Crippen molar-refractivity contribution in [1.82, 2.24) is 25.3 Å². The normalized spacial score (nSPS) is 25.8. The SMILES string of the molecule is NC(=O)c1ccc(N2C3CC2CN(Cc2ccc4c(c2)CN(C2CCC(=O)NC2=O)C4=O)C3)nn1. The summed E-state index contributed by atoms with van der Waals surface area (Å²) < 4.78 is 0. The monoisotopic (exact) mass is 475 g/mol. The number of fused-ring (bicyclic) bond motifs is 3. The van der Waals surface area contributed by atoms with Crippen molar-refractivity contribution in [3.63, 3.8) is 0 Å². The lowest BCUT2D eigenvalue weighted by Crippen LogP contribution is -2.69. The molecule has 11 heteroatoms. The molecular weight excluding hydrogens is 450 g/mol. The maximum absolute atomic E-state index is 12.9. The summed E-state index contributed by atoms with van der Waals surface area (Å²) in [4.78, 5) is 54.1. The van der Waals surface area contributed by atoms with Gasteiger partial charge >= 0.3 is 0 Å². The molecule has 0 aliphatic carbocycles. The number of primary amides is 1. The summed E-state index contributed by atoms with van der Waals surface area (Å²) in [5, 5.41) is 10.5. The van der Waals surface area contributed by atoms with E-state index in [4.69, 9.17) is 5.73 Å². The average Bonchev–Trinajstić information content (AvgIpc) is 3.15. The number of carbonyl (C=O) groups is 4. The first kappa shape index (κ1) is 21.7. The van der Waals surface area contributed by atoms with E-state index in [0.29, 0.717) is 30.6 Å². The van der Waals surface area contributed by atoms with Gasteiger partial charge in [0.05, 0.1) is 0 Å². The van der Waals surface area contributed by atoms with Gasteiger partial charge in [-0.25, -0.2) is 0 Å². The van der Waals surface area contributed by atoms with Crippen molar-refractivity contribution in [1.29, 1.82) is 0 Å². The molecule has 6 heterocycles. The molecule has 4 saturated heterocycles. The molecule has 11 nitrogen and oxygen atoms in total. The van der Waals surface area contributed by atoms with E-state index in [0.717, 1.165) is 43.0 Å². The fraction of sp³-hybridized carbons (Fsp3) is 0.417. The number of aromatic nitrogens is 2. The van der Waals surface area contributed by atoms with Crippen molar-refractivity contribution < 1.29 is 19.2 Å². The molecule has 3 N–H and O–H groups in total. The molecule has 1 aromatic heterocycles. The fourth-order valence-corrected chi connectivity index (χ4v) is 5.78. The van der Waals surface area contributed by atoms with E-state index in [1.165, 1.54) is 0 Å². The van der Waals surface area contributed by atoms with E-state index in [9.17, 15) is 19.2 Å². The van der Waals surface area contributed by atoms with E-state index in [-0.39, 0.29) is 23.9 Å². The van der Waals surface area contributed by atoms with Gasteiger partial charge in [0.25, 0.3) is 11.8 Å². The van der Waals surface area contributed by atoms with Gasteiger partial charge in [-0.2, -0.15) is 0 Å². The van der Waals surface area contributed by atoms with E-state index in [1.807, 2.05) is 12.1 Å². The Morgan fingerprint density at radius 2 is 1.89 bits per heavy atom. The van der Waals surface area contributed by atoms with Gasteiger partial charge in [0, 0.05) is 50.2 Å². The molecule has 0 spiro atoms. The summed E-state index contributed by atoms with van der Waals surface area (Å²) in [6.07, 6.45) is 1.70. The lowest BCUT2D eigenvalue weighted by molar-refractivity contribution is -0.136. The average molecular weight is 476 g/mol. The Bertz CT molecular complexity index is 1230. The van der Waals surface area contributed by atoms with Gasteiger partial charge in [-0.3, -0.25) is 29.4 Å². The zero-order valence-electron chi connectivity index (χ0n) is 19.0. The van der Waals surface area contributed by atoms with Crippen LogP contribution in [0, 0.1) is 0 Å². The van der Waals surface area contributed by atoms with Crippen molar-refractivity contribution in [3.05, 3.63) is 52.7 Å². The summed E-state index contributed by atoms with van der Waals surface area (Å²) >= 11 is 0. The van der Waals surface area contributed by atoms with Crippen LogP contribution >= 0.6 is 0 Å². The number of carbonyl (C=O) groups excluding carboxylic acids is 4. The Hall–Kier alpha value is -3.86. The van der Waals surface area contributed by atoms with Gasteiger partial charge in [-0.1, -0.05) is 12.1 Å². The third-order valence-electron chi connectivity index (χ3n) is 7.43. The zero-order chi connectivity index (χ0) is 24.3. The number of imide groups is 1. The molecule has 0 radical (unpaired) electrons. The van der Waals surface area contributed by atoms with Crippen LogP contribution in [0.2, 0.25) is 0 Å². The van der Waals surface area contributed by atoms with Gasteiger partial charge in [-0.15, -0.1) is 10.2 Å². The molecule has 0 saturated carbocycles. The Balaban J connectivity index is 1.10. The topological polar surface area (TPSA) is 142 Å². The van der Waals surface area contributed by atoms with Crippen LogP contribution in [0.5, 0.6) is 0 Å². The van der Waals surface area contributed by atoms with E-state index in [2.05, 4.69) is 31.4 Å². The van der Waals surface area contributed by atoms with Crippen molar-refractivity contribution in [2.75, 3.05) is 18.0 Å². The highest BCUT2D eigenvalue weighted by Crippen LogP contribution is 2.36. The van der Waals surface area contributed by atoms with Gasteiger partial charge in [0.2, 0.25) is 11.8 Å². The maximum Gasteiger partial charge on any atom is 0.269 e. The van der Waals surface area contributed by atoms with Crippen LogP contribution in [0.4, 0.5) is 5.82 Å². The van der Waals surface area contributed by atoms with Crippen LogP contribution < -0.4 is 16.0 Å². The van der Waals surface area contributed by atoms with Crippen LogP contribution in [0.25, 0.3) is 0 Å². The van der Waals surface area contributed by atoms with Crippen LogP contribution in [0.15, 0.2) is 30.3 Å². The van der Waals surface area contributed by atoms with Gasteiger partial charge in [0.1, 0.15) is 6.04 Å². The Labute approximate surface area is 201 Å². The molecule has 4 amide bonds. The minimum absolute atomic E-state index is 0.153. The van der Waals surface area contributed by atoms with Crippen LogP contribution in [0.3, 0.4) is 0 Å². The van der Waals surface area contributed by atoms with Crippen molar-refractivity contribution in [2.24, 2.45) is 5.73 Å². The first-order valence-electron chi connectivity index (χ1n) is 11.8. The van der Waals surface area contributed by atoms with E-state index >= 15 is 0 Å². The molecule has 3 unspecified atom stereocenters. The zero-order valence-corrected chi connectivity index (χ0v) is 19.0. The number of nitrogens with one attached hydrogen (secondary N) is 1. The number of piperazine rings is 1. The second-order valence-electron chi connectivity index (χ2n) is 9.68. The van der Waals surface area contributed by atoms with Gasteiger partial charge in [0.15, 0.2) is 11.5 Å². The largest absolute Gasteiger partial charge is 0.364 e. The number of benzene rings is 1.